The van der Waals surface area contributed by atoms with Gasteiger partial charge in [0.15, 0.2) is 0 Å². The molecule has 1 fully saturated rings. The summed E-state index contributed by atoms with van der Waals surface area (Å²) in [6, 6.07) is 5.24. The van der Waals surface area contributed by atoms with Crippen LogP contribution in [0.15, 0.2) is 18.2 Å². The van der Waals surface area contributed by atoms with E-state index in [0.717, 1.165) is 18.6 Å². The molecule has 2 nitrogen and oxygen atoms in total. The minimum Gasteiger partial charge on any atom is -0.381 e. The molecule has 0 amide bonds. The SMILES string of the molecule is O=C(Cc1ccc(Cl)cc1Cl)CC1CCOC1. The topological polar surface area (TPSA) is 26.3 Å². The number of Topliss-reactive ketones (excluding diaryl/α,β-unsaturated/α-hetero) is 1. The van der Waals surface area contributed by atoms with Gasteiger partial charge >= 0.3 is 0 Å². The zero-order valence-electron chi connectivity index (χ0n) is 9.42. The number of benzene rings is 1. The van der Waals surface area contributed by atoms with Gasteiger partial charge in [-0.1, -0.05) is 29.3 Å². The van der Waals surface area contributed by atoms with Crippen molar-refractivity contribution in [1.82, 2.24) is 0 Å². The highest BCUT2D eigenvalue weighted by Crippen LogP contribution is 2.23. The van der Waals surface area contributed by atoms with Crippen molar-refractivity contribution < 1.29 is 9.53 Å². The first-order valence-electron chi connectivity index (χ1n) is 5.68. The van der Waals surface area contributed by atoms with Crippen LogP contribution >= 0.6 is 23.2 Å². The first-order valence-corrected chi connectivity index (χ1v) is 6.44. The maximum absolute atomic E-state index is 11.9. The zero-order valence-corrected chi connectivity index (χ0v) is 10.9. The molecule has 17 heavy (non-hydrogen) atoms. The standard InChI is InChI=1S/C13H14Cl2O2/c14-11-2-1-10(13(15)7-11)6-12(16)5-9-3-4-17-8-9/h1-2,7,9H,3-6,8H2. The van der Waals surface area contributed by atoms with E-state index in [1.165, 1.54) is 0 Å². The minimum absolute atomic E-state index is 0.213. The third kappa shape index (κ3) is 3.70. The summed E-state index contributed by atoms with van der Waals surface area (Å²) in [6.07, 6.45) is 1.95. The molecule has 0 bridgehead atoms. The van der Waals surface area contributed by atoms with Crippen molar-refractivity contribution in [3.8, 4) is 0 Å². The predicted molar refractivity (Wildman–Crippen MR) is 68.7 cm³/mol. The van der Waals surface area contributed by atoms with E-state index in [9.17, 15) is 4.79 Å². The third-order valence-electron chi connectivity index (χ3n) is 2.94. The molecule has 1 saturated heterocycles. The van der Waals surface area contributed by atoms with Crippen LogP contribution in [-0.4, -0.2) is 19.0 Å². The Morgan fingerprint density at radius 3 is 2.88 bits per heavy atom. The van der Waals surface area contributed by atoms with Gasteiger partial charge in [0, 0.05) is 36.1 Å². The molecule has 1 aliphatic rings. The Balaban J connectivity index is 1.93. The summed E-state index contributed by atoms with van der Waals surface area (Å²) in [5.74, 6) is 0.596. The minimum atomic E-state index is 0.213. The van der Waals surface area contributed by atoms with Gasteiger partial charge in [-0.3, -0.25) is 4.79 Å². The summed E-state index contributed by atoms with van der Waals surface area (Å²) < 4.78 is 5.25. The van der Waals surface area contributed by atoms with Crippen LogP contribution < -0.4 is 0 Å². The lowest BCUT2D eigenvalue weighted by atomic mass is 9.98. The molecule has 0 spiro atoms. The molecule has 1 aromatic rings. The molecule has 2 rings (SSSR count). The van der Waals surface area contributed by atoms with E-state index in [1.807, 2.05) is 6.07 Å². The molecule has 0 aliphatic carbocycles. The first-order chi connectivity index (χ1) is 8.15. The average Bonchev–Trinajstić information content (AvgIpc) is 2.75. The molecule has 0 aromatic heterocycles. The van der Waals surface area contributed by atoms with Crippen molar-refractivity contribution >= 4 is 29.0 Å². The molecule has 0 radical (unpaired) electrons. The van der Waals surface area contributed by atoms with E-state index in [2.05, 4.69) is 0 Å². The lowest BCUT2D eigenvalue weighted by Gasteiger charge is -2.07. The largest absolute Gasteiger partial charge is 0.381 e. The van der Waals surface area contributed by atoms with Crippen molar-refractivity contribution in [1.29, 1.82) is 0 Å². The smallest absolute Gasteiger partial charge is 0.137 e. The van der Waals surface area contributed by atoms with Crippen LogP contribution in [0.1, 0.15) is 18.4 Å². The summed E-state index contributed by atoms with van der Waals surface area (Å²) >= 11 is 11.8. The van der Waals surface area contributed by atoms with Crippen molar-refractivity contribution in [2.24, 2.45) is 5.92 Å². The van der Waals surface area contributed by atoms with Crippen molar-refractivity contribution in [2.75, 3.05) is 13.2 Å². The van der Waals surface area contributed by atoms with E-state index < -0.39 is 0 Å². The average molecular weight is 273 g/mol. The van der Waals surface area contributed by atoms with Crippen LogP contribution in [0.25, 0.3) is 0 Å². The Labute approximate surface area is 111 Å². The number of halogens is 2. The molecular formula is C13H14Cl2O2. The molecule has 1 aliphatic heterocycles. The Morgan fingerprint density at radius 1 is 1.41 bits per heavy atom. The maximum atomic E-state index is 11.9. The van der Waals surface area contributed by atoms with Gasteiger partial charge in [-0.05, 0) is 30.0 Å². The quantitative estimate of drug-likeness (QED) is 0.838. The van der Waals surface area contributed by atoms with Gasteiger partial charge in [0.25, 0.3) is 0 Å². The van der Waals surface area contributed by atoms with Crippen LogP contribution in [0.3, 0.4) is 0 Å². The van der Waals surface area contributed by atoms with Gasteiger partial charge < -0.3 is 4.74 Å². The summed E-state index contributed by atoms with van der Waals surface area (Å²) in [7, 11) is 0. The Kier molecular flexibility index (Phi) is 4.43. The van der Waals surface area contributed by atoms with Gasteiger partial charge in [-0.15, -0.1) is 0 Å². The molecule has 0 saturated carbocycles. The predicted octanol–water partition coefficient (Wildman–Crippen LogP) is 3.53. The molecule has 1 aromatic carbocycles. The second-order valence-electron chi connectivity index (χ2n) is 4.38. The second kappa shape index (κ2) is 5.85. The lowest BCUT2D eigenvalue weighted by molar-refractivity contribution is -0.119. The fourth-order valence-electron chi connectivity index (χ4n) is 2.02. The number of ether oxygens (including phenoxy) is 1. The van der Waals surface area contributed by atoms with E-state index in [0.29, 0.717) is 35.4 Å². The Bertz CT molecular complexity index is 412. The van der Waals surface area contributed by atoms with E-state index >= 15 is 0 Å². The van der Waals surface area contributed by atoms with Crippen molar-refractivity contribution in [3.05, 3.63) is 33.8 Å². The number of carbonyl (C=O) groups is 1. The zero-order chi connectivity index (χ0) is 12.3. The third-order valence-corrected chi connectivity index (χ3v) is 3.53. The Hall–Kier alpha value is -0.570. The first kappa shape index (κ1) is 12.9. The molecule has 92 valence electrons. The molecule has 1 heterocycles. The fourth-order valence-corrected chi connectivity index (χ4v) is 2.49. The number of hydrogen-bond acceptors (Lipinski definition) is 2. The highest BCUT2D eigenvalue weighted by atomic mass is 35.5. The number of hydrogen-bond donors (Lipinski definition) is 0. The van der Waals surface area contributed by atoms with Gasteiger partial charge in [-0.25, -0.2) is 0 Å². The molecule has 0 N–H and O–H groups in total. The van der Waals surface area contributed by atoms with Crippen LogP contribution in [0, 0.1) is 5.92 Å². The molecule has 1 atom stereocenters. The summed E-state index contributed by atoms with van der Waals surface area (Å²) in [5, 5.41) is 1.16. The monoisotopic (exact) mass is 272 g/mol. The molecular weight excluding hydrogens is 259 g/mol. The van der Waals surface area contributed by atoms with E-state index in [4.69, 9.17) is 27.9 Å². The number of ketones is 1. The van der Waals surface area contributed by atoms with Gasteiger partial charge in [0.2, 0.25) is 0 Å². The van der Waals surface area contributed by atoms with Crippen molar-refractivity contribution in [2.45, 2.75) is 19.3 Å². The summed E-state index contributed by atoms with van der Waals surface area (Å²) in [5.41, 5.74) is 0.847. The van der Waals surface area contributed by atoms with Crippen LogP contribution in [0.4, 0.5) is 0 Å². The van der Waals surface area contributed by atoms with Crippen LogP contribution in [-0.2, 0) is 16.0 Å². The summed E-state index contributed by atoms with van der Waals surface area (Å²) in [4.78, 5) is 11.9. The van der Waals surface area contributed by atoms with E-state index in [1.54, 1.807) is 12.1 Å². The number of carbonyl (C=O) groups excluding carboxylic acids is 1. The lowest BCUT2D eigenvalue weighted by Crippen LogP contribution is -2.10. The summed E-state index contributed by atoms with van der Waals surface area (Å²) in [6.45, 7) is 1.49. The normalized spacial score (nSPS) is 19.5. The van der Waals surface area contributed by atoms with Gasteiger partial charge in [-0.2, -0.15) is 0 Å². The second-order valence-corrected chi connectivity index (χ2v) is 5.23. The highest BCUT2D eigenvalue weighted by molar-refractivity contribution is 6.35. The van der Waals surface area contributed by atoms with Crippen molar-refractivity contribution in [3.63, 3.8) is 0 Å². The highest BCUT2D eigenvalue weighted by Gasteiger charge is 2.19. The molecule has 1 unspecified atom stereocenters. The van der Waals surface area contributed by atoms with Crippen LogP contribution in [0.5, 0.6) is 0 Å². The molecule has 4 heteroatoms. The fraction of sp³-hybridized carbons (Fsp3) is 0.462. The number of rotatable bonds is 4. The van der Waals surface area contributed by atoms with Crippen LogP contribution in [0.2, 0.25) is 10.0 Å². The van der Waals surface area contributed by atoms with Gasteiger partial charge in [0.05, 0.1) is 0 Å². The van der Waals surface area contributed by atoms with Gasteiger partial charge in [0.1, 0.15) is 5.78 Å². The Morgan fingerprint density at radius 2 is 2.24 bits per heavy atom. The maximum Gasteiger partial charge on any atom is 0.137 e. The van der Waals surface area contributed by atoms with E-state index in [-0.39, 0.29) is 5.78 Å².